The first-order chi connectivity index (χ1) is 7.59. The smallest absolute Gasteiger partial charge is 0.317 e. The highest BCUT2D eigenvalue weighted by atomic mass is 32.1. The van der Waals surface area contributed by atoms with Crippen molar-refractivity contribution in [1.82, 2.24) is 0 Å². The number of primary amides is 2. The Bertz CT molecular complexity index is 453. The minimum absolute atomic E-state index is 0.443. The molecular weight excluding hydrogens is 226 g/mol. The van der Waals surface area contributed by atoms with E-state index >= 15 is 0 Å². The third-order valence-corrected chi connectivity index (χ3v) is 3.86. The number of aryl methyl sites for hydroxylation is 1. The van der Waals surface area contributed by atoms with Crippen LogP contribution in [0.2, 0.25) is 0 Å². The van der Waals surface area contributed by atoms with Gasteiger partial charge < -0.3 is 11.5 Å². The van der Waals surface area contributed by atoms with Gasteiger partial charge in [-0.25, -0.2) is 4.79 Å². The molecule has 0 spiro atoms. The number of thiophene rings is 1. The zero-order valence-corrected chi connectivity index (χ0v) is 9.52. The van der Waals surface area contributed by atoms with Gasteiger partial charge in [0.25, 0.3) is 5.91 Å². The summed E-state index contributed by atoms with van der Waals surface area (Å²) >= 11 is 1.41. The van der Waals surface area contributed by atoms with Gasteiger partial charge in [-0.1, -0.05) is 0 Å². The van der Waals surface area contributed by atoms with E-state index in [-0.39, 0.29) is 0 Å². The normalized spacial score (nSPS) is 14.2. The number of nitrogens with one attached hydrogen (secondary N) is 1. The van der Waals surface area contributed by atoms with Crippen molar-refractivity contribution in [2.75, 3.05) is 5.32 Å². The monoisotopic (exact) mass is 239 g/mol. The highest BCUT2D eigenvalue weighted by Gasteiger charge is 2.24. The molecule has 0 atom stereocenters. The molecule has 1 aliphatic rings. The van der Waals surface area contributed by atoms with Crippen molar-refractivity contribution in [1.29, 1.82) is 0 Å². The zero-order chi connectivity index (χ0) is 11.7. The quantitative estimate of drug-likeness (QED) is 0.723. The second-order valence-electron chi connectivity index (χ2n) is 3.77. The fourth-order valence-electron chi connectivity index (χ4n) is 2.03. The fourth-order valence-corrected chi connectivity index (χ4v) is 3.32. The van der Waals surface area contributed by atoms with Crippen molar-refractivity contribution < 1.29 is 9.59 Å². The van der Waals surface area contributed by atoms with Gasteiger partial charge in [0.2, 0.25) is 0 Å². The number of urea groups is 1. The maximum Gasteiger partial charge on any atom is 0.317 e. The first-order valence-electron chi connectivity index (χ1n) is 5.10. The molecule has 0 bridgehead atoms. The Morgan fingerprint density at radius 3 is 2.50 bits per heavy atom. The Balaban J connectivity index is 2.47. The number of nitrogens with two attached hydrogens (primary N) is 2. The number of amides is 3. The van der Waals surface area contributed by atoms with Crippen LogP contribution in [0.5, 0.6) is 0 Å². The summed E-state index contributed by atoms with van der Waals surface area (Å²) in [7, 11) is 0. The molecule has 0 fully saturated rings. The second-order valence-corrected chi connectivity index (χ2v) is 4.87. The summed E-state index contributed by atoms with van der Waals surface area (Å²) < 4.78 is 0. The molecule has 86 valence electrons. The van der Waals surface area contributed by atoms with E-state index in [1.54, 1.807) is 0 Å². The number of carbonyl (C=O) groups excluding carboxylic acids is 2. The predicted molar refractivity (Wildman–Crippen MR) is 62.7 cm³/mol. The summed E-state index contributed by atoms with van der Waals surface area (Å²) in [6.07, 6.45) is 3.97. The van der Waals surface area contributed by atoms with Gasteiger partial charge in [-0.15, -0.1) is 11.3 Å². The molecule has 0 radical (unpaired) electrons. The Labute approximate surface area is 96.8 Å². The zero-order valence-electron chi connectivity index (χ0n) is 8.71. The predicted octanol–water partition coefficient (Wildman–Crippen LogP) is 1.22. The molecule has 0 saturated heterocycles. The molecule has 6 heteroatoms. The fraction of sp³-hybridized carbons (Fsp3) is 0.400. The van der Waals surface area contributed by atoms with Crippen LogP contribution in [0.25, 0.3) is 0 Å². The lowest BCUT2D eigenvalue weighted by Gasteiger charge is -2.11. The topological polar surface area (TPSA) is 98.2 Å². The molecule has 1 aliphatic carbocycles. The lowest BCUT2D eigenvalue weighted by Crippen LogP contribution is -2.22. The summed E-state index contributed by atoms with van der Waals surface area (Å²) in [4.78, 5) is 23.3. The van der Waals surface area contributed by atoms with E-state index in [0.29, 0.717) is 10.6 Å². The first kappa shape index (κ1) is 10.9. The van der Waals surface area contributed by atoms with E-state index < -0.39 is 11.9 Å². The SMILES string of the molecule is NC(=O)Nc1sc2c(c1C(N)=O)CCCC2. The van der Waals surface area contributed by atoms with E-state index in [2.05, 4.69) is 5.32 Å². The number of anilines is 1. The van der Waals surface area contributed by atoms with Crippen molar-refractivity contribution in [2.24, 2.45) is 11.5 Å². The summed E-state index contributed by atoms with van der Waals surface area (Å²) in [6, 6.07) is -0.666. The van der Waals surface area contributed by atoms with Gasteiger partial charge in [0.1, 0.15) is 5.00 Å². The summed E-state index contributed by atoms with van der Waals surface area (Å²) in [5.74, 6) is -0.497. The number of hydrogen-bond acceptors (Lipinski definition) is 3. The number of rotatable bonds is 2. The van der Waals surface area contributed by atoms with Crippen LogP contribution in [0.3, 0.4) is 0 Å². The van der Waals surface area contributed by atoms with Crippen molar-refractivity contribution in [3.63, 3.8) is 0 Å². The third-order valence-electron chi connectivity index (χ3n) is 2.65. The Hall–Kier alpha value is -1.56. The van der Waals surface area contributed by atoms with Crippen molar-refractivity contribution >= 4 is 28.3 Å². The van der Waals surface area contributed by atoms with Crippen molar-refractivity contribution in [3.05, 3.63) is 16.0 Å². The maximum absolute atomic E-state index is 11.4. The molecule has 1 aromatic rings. The average molecular weight is 239 g/mol. The van der Waals surface area contributed by atoms with Gasteiger partial charge in [0.15, 0.2) is 0 Å². The molecular formula is C10H13N3O2S. The first-order valence-corrected chi connectivity index (χ1v) is 5.92. The standard InChI is InChI=1S/C10H13N3O2S/c11-8(14)7-5-3-1-2-4-6(5)16-9(7)13-10(12)15/h1-4H2,(H2,11,14)(H3,12,13,15). The molecule has 1 aromatic heterocycles. The molecule has 2 rings (SSSR count). The number of fused-ring (bicyclic) bond motifs is 1. The Morgan fingerprint density at radius 2 is 1.88 bits per heavy atom. The molecule has 16 heavy (non-hydrogen) atoms. The Morgan fingerprint density at radius 1 is 1.19 bits per heavy atom. The highest BCUT2D eigenvalue weighted by Crippen LogP contribution is 2.37. The largest absolute Gasteiger partial charge is 0.365 e. The lowest BCUT2D eigenvalue weighted by atomic mass is 9.95. The van der Waals surface area contributed by atoms with E-state index in [1.165, 1.54) is 11.3 Å². The molecule has 0 unspecified atom stereocenters. The van der Waals surface area contributed by atoms with Crippen LogP contribution in [-0.2, 0) is 12.8 Å². The van der Waals surface area contributed by atoms with E-state index in [4.69, 9.17) is 11.5 Å². The molecule has 3 amide bonds. The second kappa shape index (κ2) is 4.13. The van der Waals surface area contributed by atoms with Crippen LogP contribution < -0.4 is 16.8 Å². The Kier molecular flexibility index (Phi) is 2.82. The van der Waals surface area contributed by atoms with Crippen LogP contribution in [0.1, 0.15) is 33.6 Å². The summed E-state index contributed by atoms with van der Waals surface area (Å²) in [5.41, 5.74) is 11.8. The third kappa shape index (κ3) is 1.88. The molecule has 5 N–H and O–H groups in total. The number of carbonyl (C=O) groups is 2. The van der Waals surface area contributed by atoms with Gasteiger partial charge in [0.05, 0.1) is 5.56 Å². The maximum atomic E-state index is 11.4. The molecule has 0 saturated carbocycles. The molecule has 5 nitrogen and oxygen atoms in total. The van der Waals surface area contributed by atoms with E-state index in [9.17, 15) is 9.59 Å². The number of hydrogen-bond donors (Lipinski definition) is 3. The molecule has 0 aromatic carbocycles. The van der Waals surface area contributed by atoms with Crippen molar-refractivity contribution in [3.8, 4) is 0 Å². The van der Waals surface area contributed by atoms with Gasteiger partial charge in [-0.2, -0.15) is 0 Å². The highest BCUT2D eigenvalue weighted by molar-refractivity contribution is 7.17. The van der Waals surface area contributed by atoms with Crippen molar-refractivity contribution in [2.45, 2.75) is 25.7 Å². The van der Waals surface area contributed by atoms with E-state index in [1.807, 2.05) is 0 Å². The average Bonchev–Trinajstić information content (AvgIpc) is 2.53. The minimum Gasteiger partial charge on any atom is -0.365 e. The summed E-state index contributed by atoms with van der Waals surface area (Å²) in [6.45, 7) is 0. The van der Waals surface area contributed by atoms with Gasteiger partial charge in [-0.05, 0) is 31.2 Å². The van der Waals surface area contributed by atoms with Crippen LogP contribution in [0, 0.1) is 0 Å². The van der Waals surface area contributed by atoms with E-state index in [0.717, 1.165) is 36.1 Å². The van der Waals surface area contributed by atoms with Crippen LogP contribution in [0.15, 0.2) is 0 Å². The molecule has 1 heterocycles. The minimum atomic E-state index is -0.666. The van der Waals surface area contributed by atoms with Gasteiger partial charge in [-0.3, -0.25) is 10.1 Å². The van der Waals surface area contributed by atoms with Gasteiger partial charge >= 0.3 is 6.03 Å². The summed E-state index contributed by atoms with van der Waals surface area (Å²) in [5, 5.41) is 2.96. The van der Waals surface area contributed by atoms with Crippen LogP contribution in [0.4, 0.5) is 9.80 Å². The van der Waals surface area contributed by atoms with Crippen LogP contribution in [-0.4, -0.2) is 11.9 Å². The lowest BCUT2D eigenvalue weighted by molar-refractivity contribution is 0.100. The van der Waals surface area contributed by atoms with Gasteiger partial charge in [0, 0.05) is 4.88 Å². The van der Waals surface area contributed by atoms with Crippen LogP contribution >= 0.6 is 11.3 Å². The molecule has 0 aliphatic heterocycles.